The Labute approximate surface area is 83.0 Å². The lowest BCUT2D eigenvalue weighted by Crippen LogP contribution is -2.03. The molecule has 1 aromatic rings. The molecule has 0 unspecified atom stereocenters. The summed E-state index contributed by atoms with van der Waals surface area (Å²) in [6.45, 7) is -0.0159. The van der Waals surface area contributed by atoms with Gasteiger partial charge in [-0.15, -0.1) is 0 Å². The smallest absolute Gasteiger partial charge is 0.332 e. The molecule has 0 aliphatic heterocycles. The number of carbonyl (C=O) groups excluding carboxylic acids is 1. The van der Waals surface area contributed by atoms with Gasteiger partial charge in [0.2, 0.25) is 0 Å². The van der Waals surface area contributed by atoms with Crippen molar-refractivity contribution in [2.45, 2.75) is 0 Å². The molecule has 0 saturated heterocycles. The summed E-state index contributed by atoms with van der Waals surface area (Å²) in [7, 11) is 1.47. The molecule has 14 heavy (non-hydrogen) atoms. The van der Waals surface area contributed by atoms with Crippen LogP contribution < -0.4 is 0 Å². The van der Waals surface area contributed by atoms with E-state index in [1.165, 1.54) is 13.2 Å². The highest BCUT2D eigenvalue weighted by molar-refractivity contribution is 5.86. The molecular weight excluding hydrogens is 180 g/mol. The number of benzene rings is 1. The highest BCUT2D eigenvalue weighted by Gasteiger charge is 1.94. The molecule has 0 aliphatic rings. The first-order valence-corrected chi connectivity index (χ1v) is 4.22. The molecule has 1 aromatic carbocycles. The summed E-state index contributed by atoms with van der Waals surface area (Å²) >= 11 is 0. The quantitative estimate of drug-likeness (QED) is 0.415. The third-order valence-corrected chi connectivity index (χ3v) is 1.53. The van der Waals surface area contributed by atoms with Crippen molar-refractivity contribution >= 4 is 12.0 Å². The van der Waals surface area contributed by atoms with Crippen molar-refractivity contribution in [3.05, 3.63) is 42.0 Å². The number of rotatable bonds is 4. The number of carbonyl (C=O) groups is 1. The fraction of sp³-hybridized carbons (Fsp3) is 0.182. The van der Waals surface area contributed by atoms with Gasteiger partial charge in [-0.2, -0.15) is 0 Å². The molecule has 3 heteroatoms. The van der Waals surface area contributed by atoms with Crippen LogP contribution in [0, 0.1) is 0 Å². The van der Waals surface area contributed by atoms with Crippen LogP contribution in [0.15, 0.2) is 36.4 Å². The van der Waals surface area contributed by atoms with E-state index in [9.17, 15) is 4.79 Å². The van der Waals surface area contributed by atoms with Crippen LogP contribution in [-0.4, -0.2) is 19.9 Å². The molecule has 0 saturated carbocycles. The van der Waals surface area contributed by atoms with Crippen molar-refractivity contribution in [1.29, 1.82) is 0 Å². The van der Waals surface area contributed by atoms with Gasteiger partial charge in [-0.3, -0.25) is 0 Å². The van der Waals surface area contributed by atoms with Crippen molar-refractivity contribution < 1.29 is 14.3 Å². The van der Waals surface area contributed by atoms with Crippen molar-refractivity contribution in [2.75, 3.05) is 13.9 Å². The van der Waals surface area contributed by atoms with E-state index in [-0.39, 0.29) is 6.79 Å². The Kier molecular flexibility index (Phi) is 4.44. The van der Waals surface area contributed by atoms with E-state index in [1.807, 2.05) is 30.3 Å². The van der Waals surface area contributed by atoms with Gasteiger partial charge in [-0.25, -0.2) is 4.79 Å². The van der Waals surface area contributed by atoms with Gasteiger partial charge in [-0.05, 0) is 11.6 Å². The molecule has 0 bridgehead atoms. The second-order valence-corrected chi connectivity index (χ2v) is 2.61. The Morgan fingerprint density at radius 3 is 2.71 bits per heavy atom. The summed E-state index contributed by atoms with van der Waals surface area (Å²) in [6, 6.07) is 9.53. The van der Waals surface area contributed by atoms with Gasteiger partial charge in [0.25, 0.3) is 0 Å². The largest absolute Gasteiger partial charge is 0.435 e. The Bertz CT molecular complexity index is 304. The van der Waals surface area contributed by atoms with Crippen molar-refractivity contribution in [3.8, 4) is 0 Å². The topological polar surface area (TPSA) is 35.5 Å². The Morgan fingerprint density at radius 2 is 2.07 bits per heavy atom. The predicted molar refractivity (Wildman–Crippen MR) is 53.4 cm³/mol. The third kappa shape index (κ3) is 3.87. The maximum absolute atomic E-state index is 11.0. The summed E-state index contributed by atoms with van der Waals surface area (Å²) in [4.78, 5) is 11.0. The average molecular weight is 192 g/mol. The van der Waals surface area contributed by atoms with Crippen LogP contribution in [0.3, 0.4) is 0 Å². The fourth-order valence-corrected chi connectivity index (χ4v) is 0.894. The highest BCUT2D eigenvalue weighted by atomic mass is 16.7. The van der Waals surface area contributed by atoms with Crippen LogP contribution in [0.25, 0.3) is 6.08 Å². The predicted octanol–water partition coefficient (Wildman–Crippen LogP) is 1.85. The van der Waals surface area contributed by atoms with Gasteiger partial charge in [0.05, 0.1) is 0 Å². The Hall–Kier alpha value is -1.61. The highest BCUT2D eigenvalue weighted by Crippen LogP contribution is 2.00. The molecule has 3 nitrogen and oxygen atoms in total. The zero-order valence-electron chi connectivity index (χ0n) is 7.97. The second-order valence-electron chi connectivity index (χ2n) is 2.61. The van der Waals surface area contributed by atoms with Crippen molar-refractivity contribution in [3.63, 3.8) is 0 Å². The van der Waals surface area contributed by atoms with Crippen LogP contribution >= 0.6 is 0 Å². The minimum atomic E-state index is -0.407. The zero-order valence-corrected chi connectivity index (χ0v) is 7.97. The first-order valence-electron chi connectivity index (χ1n) is 4.22. The molecule has 0 radical (unpaired) electrons. The van der Waals surface area contributed by atoms with Crippen molar-refractivity contribution in [1.82, 2.24) is 0 Å². The first kappa shape index (κ1) is 10.5. The molecule has 0 fully saturated rings. The molecule has 0 aliphatic carbocycles. The SMILES string of the molecule is COCOC(=O)/C=C/c1ccccc1. The average Bonchev–Trinajstić information content (AvgIpc) is 2.25. The number of ether oxygens (including phenoxy) is 2. The van der Waals surface area contributed by atoms with Gasteiger partial charge >= 0.3 is 5.97 Å². The fourth-order valence-electron chi connectivity index (χ4n) is 0.894. The molecule has 0 amide bonds. The van der Waals surface area contributed by atoms with E-state index in [2.05, 4.69) is 9.47 Å². The van der Waals surface area contributed by atoms with Gasteiger partial charge in [-0.1, -0.05) is 30.3 Å². The van der Waals surface area contributed by atoms with E-state index >= 15 is 0 Å². The van der Waals surface area contributed by atoms with Crippen LogP contribution in [0.2, 0.25) is 0 Å². The molecule has 0 N–H and O–H groups in total. The normalized spacial score (nSPS) is 10.4. The van der Waals surface area contributed by atoms with E-state index in [0.29, 0.717) is 0 Å². The summed E-state index contributed by atoms with van der Waals surface area (Å²) in [5, 5.41) is 0. The summed E-state index contributed by atoms with van der Waals surface area (Å²) < 4.78 is 9.25. The molecule has 0 aromatic heterocycles. The van der Waals surface area contributed by atoms with Crippen LogP contribution in [0.1, 0.15) is 5.56 Å². The number of hydrogen-bond acceptors (Lipinski definition) is 3. The van der Waals surface area contributed by atoms with E-state index < -0.39 is 5.97 Å². The van der Waals surface area contributed by atoms with Gasteiger partial charge in [0.1, 0.15) is 0 Å². The molecule has 0 atom stereocenters. The van der Waals surface area contributed by atoms with E-state index in [1.54, 1.807) is 6.08 Å². The van der Waals surface area contributed by atoms with Gasteiger partial charge in [0.15, 0.2) is 6.79 Å². The van der Waals surface area contributed by atoms with Gasteiger partial charge < -0.3 is 9.47 Å². The Morgan fingerprint density at radius 1 is 1.36 bits per heavy atom. The maximum Gasteiger partial charge on any atom is 0.332 e. The number of methoxy groups -OCH3 is 1. The van der Waals surface area contributed by atoms with Crippen molar-refractivity contribution in [2.24, 2.45) is 0 Å². The summed E-state index contributed by atoms with van der Waals surface area (Å²) in [6.07, 6.45) is 3.06. The van der Waals surface area contributed by atoms with Gasteiger partial charge in [0, 0.05) is 13.2 Å². The standard InChI is InChI=1S/C11H12O3/c1-13-9-14-11(12)8-7-10-5-3-2-4-6-10/h2-8H,9H2,1H3/b8-7+. The molecule has 74 valence electrons. The number of hydrogen-bond donors (Lipinski definition) is 0. The zero-order chi connectivity index (χ0) is 10.2. The Balaban J connectivity index is 2.44. The number of esters is 1. The summed E-state index contributed by atoms with van der Waals surface area (Å²) in [5.41, 5.74) is 0.960. The molecule has 0 heterocycles. The second kappa shape index (κ2) is 5.94. The maximum atomic E-state index is 11.0. The first-order chi connectivity index (χ1) is 6.83. The lowest BCUT2D eigenvalue weighted by molar-refractivity contribution is -0.147. The van der Waals surface area contributed by atoms with Crippen LogP contribution in [-0.2, 0) is 14.3 Å². The van der Waals surface area contributed by atoms with Crippen LogP contribution in [0.4, 0.5) is 0 Å². The molecule has 0 spiro atoms. The third-order valence-electron chi connectivity index (χ3n) is 1.53. The monoisotopic (exact) mass is 192 g/mol. The lowest BCUT2D eigenvalue weighted by Gasteiger charge is -1.97. The van der Waals surface area contributed by atoms with E-state index in [4.69, 9.17) is 0 Å². The lowest BCUT2D eigenvalue weighted by atomic mass is 10.2. The molecule has 1 rings (SSSR count). The van der Waals surface area contributed by atoms with E-state index in [0.717, 1.165) is 5.56 Å². The minimum Gasteiger partial charge on any atom is -0.435 e. The molecular formula is C11H12O3. The summed E-state index contributed by atoms with van der Waals surface area (Å²) in [5.74, 6) is -0.407. The van der Waals surface area contributed by atoms with Crippen LogP contribution in [0.5, 0.6) is 0 Å². The minimum absolute atomic E-state index is 0.0159.